The quantitative estimate of drug-likeness (QED) is 0.865. The lowest BCUT2D eigenvalue weighted by Crippen LogP contribution is -1.99. The van der Waals surface area contributed by atoms with Crippen LogP contribution in [0.25, 0.3) is 5.69 Å². The molecule has 0 fully saturated rings. The standard InChI is InChI=1S/C10H9BrFN3/c1-6-4-10(13)14-15(6)7-2-3-9(12)8(11)5-7/h2-5H,1H3,(H2,13,14). The van der Waals surface area contributed by atoms with Crippen molar-refractivity contribution in [3.63, 3.8) is 0 Å². The van der Waals surface area contributed by atoms with E-state index < -0.39 is 0 Å². The van der Waals surface area contributed by atoms with Crippen molar-refractivity contribution in [1.29, 1.82) is 0 Å². The maximum absolute atomic E-state index is 13.0. The fraction of sp³-hybridized carbons (Fsp3) is 0.100. The zero-order valence-electron chi connectivity index (χ0n) is 8.04. The lowest BCUT2D eigenvalue weighted by molar-refractivity contribution is 0.620. The molecule has 1 heterocycles. The lowest BCUT2D eigenvalue weighted by atomic mass is 10.3. The average Bonchev–Trinajstić information content (AvgIpc) is 2.50. The minimum absolute atomic E-state index is 0.295. The van der Waals surface area contributed by atoms with Gasteiger partial charge in [0.25, 0.3) is 0 Å². The van der Waals surface area contributed by atoms with E-state index in [0.29, 0.717) is 10.3 Å². The number of nitrogens with two attached hydrogens (primary N) is 1. The fourth-order valence-corrected chi connectivity index (χ4v) is 1.74. The molecular weight excluding hydrogens is 261 g/mol. The second kappa shape index (κ2) is 3.66. The van der Waals surface area contributed by atoms with Crippen molar-refractivity contribution in [3.8, 4) is 5.69 Å². The molecular formula is C10H9BrFN3. The topological polar surface area (TPSA) is 43.8 Å². The van der Waals surface area contributed by atoms with Gasteiger partial charge in [0, 0.05) is 11.8 Å². The molecule has 2 aromatic rings. The molecule has 0 aliphatic heterocycles. The van der Waals surface area contributed by atoms with Gasteiger partial charge in [0.2, 0.25) is 0 Å². The molecule has 0 saturated heterocycles. The first-order valence-electron chi connectivity index (χ1n) is 4.35. The van der Waals surface area contributed by atoms with Gasteiger partial charge in [0.05, 0.1) is 10.2 Å². The van der Waals surface area contributed by atoms with Crippen LogP contribution in [0.3, 0.4) is 0 Å². The highest BCUT2D eigenvalue weighted by Gasteiger charge is 2.06. The molecule has 0 radical (unpaired) electrons. The van der Waals surface area contributed by atoms with E-state index in [2.05, 4.69) is 21.0 Å². The van der Waals surface area contributed by atoms with Gasteiger partial charge in [-0.15, -0.1) is 0 Å². The van der Waals surface area contributed by atoms with E-state index in [0.717, 1.165) is 11.4 Å². The van der Waals surface area contributed by atoms with Crippen molar-refractivity contribution in [2.75, 3.05) is 5.73 Å². The normalized spacial score (nSPS) is 10.6. The number of rotatable bonds is 1. The summed E-state index contributed by atoms with van der Waals surface area (Å²) in [6.07, 6.45) is 0. The Bertz CT molecular complexity index is 507. The summed E-state index contributed by atoms with van der Waals surface area (Å²) in [5, 5.41) is 4.10. The third-order valence-electron chi connectivity index (χ3n) is 2.05. The summed E-state index contributed by atoms with van der Waals surface area (Å²) in [7, 11) is 0. The Morgan fingerprint density at radius 1 is 1.40 bits per heavy atom. The van der Waals surface area contributed by atoms with Gasteiger partial charge in [-0.25, -0.2) is 9.07 Å². The first kappa shape index (κ1) is 10.2. The molecule has 0 atom stereocenters. The van der Waals surface area contributed by atoms with Crippen molar-refractivity contribution in [1.82, 2.24) is 9.78 Å². The number of aryl methyl sites for hydroxylation is 1. The molecule has 2 N–H and O–H groups in total. The van der Waals surface area contributed by atoms with Gasteiger partial charge in [-0.2, -0.15) is 5.10 Å². The number of benzene rings is 1. The summed E-state index contributed by atoms with van der Waals surface area (Å²) in [4.78, 5) is 0. The number of anilines is 1. The van der Waals surface area contributed by atoms with Gasteiger partial charge in [0.15, 0.2) is 0 Å². The van der Waals surface area contributed by atoms with Gasteiger partial charge in [-0.05, 0) is 41.1 Å². The summed E-state index contributed by atoms with van der Waals surface area (Å²) in [6.45, 7) is 1.89. The molecule has 0 saturated carbocycles. The Hall–Kier alpha value is -1.36. The fourth-order valence-electron chi connectivity index (χ4n) is 1.38. The number of nitrogens with zero attached hydrogens (tertiary/aromatic N) is 2. The largest absolute Gasteiger partial charge is 0.382 e. The van der Waals surface area contributed by atoms with Crippen LogP contribution in [0.5, 0.6) is 0 Å². The smallest absolute Gasteiger partial charge is 0.146 e. The van der Waals surface area contributed by atoms with Crippen LogP contribution >= 0.6 is 15.9 Å². The van der Waals surface area contributed by atoms with Gasteiger partial charge in [-0.3, -0.25) is 0 Å². The Morgan fingerprint density at radius 2 is 2.13 bits per heavy atom. The molecule has 15 heavy (non-hydrogen) atoms. The lowest BCUT2D eigenvalue weighted by Gasteiger charge is -2.04. The van der Waals surface area contributed by atoms with Crippen molar-refractivity contribution in [2.45, 2.75) is 6.92 Å². The summed E-state index contributed by atoms with van der Waals surface area (Å²) < 4.78 is 15.1. The predicted octanol–water partition coefficient (Wildman–Crippen LogP) is 2.66. The first-order valence-corrected chi connectivity index (χ1v) is 5.15. The zero-order valence-corrected chi connectivity index (χ0v) is 9.62. The molecule has 1 aromatic heterocycles. The van der Waals surface area contributed by atoms with Gasteiger partial charge >= 0.3 is 0 Å². The molecule has 0 aliphatic rings. The van der Waals surface area contributed by atoms with Crippen LogP contribution in [-0.2, 0) is 0 Å². The first-order chi connectivity index (χ1) is 7.08. The number of hydrogen-bond acceptors (Lipinski definition) is 2. The van der Waals surface area contributed by atoms with E-state index in [9.17, 15) is 4.39 Å². The second-order valence-electron chi connectivity index (χ2n) is 3.22. The molecule has 0 spiro atoms. The summed E-state index contributed by atoms with van der Waals surface area (Å²) in [5.41, 5.74) is 7.25. The van der Waals surface area contributed by atoms with Crippen LogP contribution in [-0.4, -0.2) is 9.78 Å². The number of nitrogen functional groups attached to an aromatic ring is 1. The summed E-state index contributed by atoms with van der Waals surface area (Å²) in [5.74, 6) is 0.157. The predicted molar refractivity (Wildman–Crippen MR) is 60.4 cm³/mol. The molecule has 0 unspecified atom stereocenters. The minimum Gasteiger partial charge on any atom is -0.382 e. The van der Waals surface area contributed by atoms with E-state index in [1.54, 1.807) is 22.9 Å². The maximum atomic E-state index is 13.0. The van der Waals surface area contributed by atoms with Crippen molar-refractivity contribution in [3.05, 3.63) is 40.2 Å². The molecule has 0 bridgehead atoms. The maximum Gasteiger partial charge on any atom is 0.146 e. The molecule has 78 valence electrons. The van der Waals surface area contributed by atoms with Crippen LogP contribution < -0.4 is 5.73 Å². The molecule has 2 rings (SSSR count). The number of halogens is 2. The van der Waals surface area contributed by atoms with E-state index in [1.807, 2.05) is 6.92 Å². The second-order valence-corrected chi connectivity index (χ2v) is 4.08. The third-order valence-corrected chi connectivity index (χ3v) is 2.66. The Balaban J connectivity index is 2.54. The Labute approximate surface area is 94.8 Å². The van der Waals surface area contributed by atoms with Gasteiger partial charge in [-0.1, -0.05) is 0 Å². The number of hydrogen-bond donors (Lipinski definition) is 1. The van der Waals surface area contributed by atoms with Crippen LogP contribution in [0.15, 0.2) is 28.7 Å². The van der Waals surface area contributed by atoms with Crippen molar-refractivity contribution in [2.24, 2.45) is 0 Å². The molecule has 1 aromatic carbocycles. The highest BCUT2D eigenvalue weighted by atomic mass is 79.9. The van der Waals surface area contributed by atoms with E-state index in [-0.39, 0.29) is 5.82 Å². The Morgan fingerprint density at radius 3 is 2.67 bits per heavy atom. The van der Waals surface area contributed by atoms with E-state index in [1.165, 1.54) is 6.07 Å². The van der Waals surface area contributed by atoms with Gasteiger partial charge < -0.3 is 5.73 Å². The van der Waals surface area contributed by atoms with Crippen LogP contribution in [0, 0.1) is 12.7 Å². The molecule has 3 nitrogen and oxygen atoms in total. The highest BCUT2D eigenvalue weighted by molar-refractivity contribution is 9.10. The van der Waals surface area contributed by atoms with Crippen molar-refractivity contribution >= 4 is 21.7 Å². The van der Waals surface area contributed by atoms with Crippen LogP contribution in [0.4, 0.5) is 10.2 Å². The number of aromatic nitrogens is 2. The van der Waals surface area contributed by atoms with Crippen LogP contribution in [0.2, 0.25) is 0 Å². The summed E-state index contributed by atoms with van der Waals surface area (Å²) in [6, 6.07) is 6.46. The minimum atomic E-state index is -0.295. The summed E-state index contributed by atoms with van der Waals surface area (Å²) >= 11 is 3.13. The Kier molecular flexibility index (Phi) is 2.48. The van der Waals surface area contributed by atoms with E-state index in [4.69, 9.17) is 5.73 Å². The van der Waals surface area contributed by atoms with Crippen molar-refractivity contribution < 1.29 is 4.39 Å². The highest BCUT2D eigenvalue weighted by Crippen LogP contribution is 2.20. The van der Waals surface area contributed by atoms with Gasteiger partial charge in [0.1, 0.15) is 11.6 Å². The van der Waals surface area contributed by atoms with E-state index >= 15 is 0 Å². The molecule has 5 heteroatoms. The molecule has 0 aliphatic carbocycles. The molecule has 0 amide bonds. The average molecular weight is 270 g/mol. The third kappa shape index (κ3) is 1.87. The van der Waals surface area contributed by atoms with Crippen LogP contribution in [0.1, 0.15) is 5.69 Å². The monoisotopic (exact) mass is 269 g/mol. The SMILES string of the molecule is Cc1cc(N)nn1-c1ccc(F)c(Br)c1. The zero-order chi connectivity index (χ0) is 11.0.